The number of fused-ring (bicyclic) bond motifs is 1. The Hall–Kier alpha value is -3.22. The van der Waals surface area contributed by atoms with Crippen LogP contribution in [0.3, 0.4) is 0 Å². The largest absolute Gasteiger partial charge is 0.490 e. The first-order valence-corrected chi connectivity index (χ1v) is 13.4. The standard InChI is InChI=1S/C25H28N4O4S/c1-16(2)32-23-11-10-17(14-18(23)15-26)25-28-24(29-33-25)21-8-4-7-20-19(21)6-5-9-22(20)27-12-13-34(3,30)31/h4,7-8,10-11,14,16,22,27H,5-6,9,12-13H2,1-3H3/t22-/m0/s1. The van der Waals surface area contributed by atoms with E-state index in [-0.39, 0.29) is 17.9 Å². The third-order valence-corrected chi connectivity index (χ3v) is 6.69. The summed E-state index contributed by atoms with van der Waals surface area (Å²) in [5.74, 6) is 1.45. The van der Waals surface area contributed by atoms with E-state index < -0.39 is 9.84 Å². The molecule has 0 saturated carbocycles. The molecule has 1 aliphatic rings. The molecule has 0 radical (unpaired) electrons. The van der Waals surface area contributed by atoms with Crippen LogP contribution in [0.5, 0.6) is 5.75 Å². The Morgan fingerprint density at radius 1 is 1.29 bits per heavy atom. The molecule has 178 valence electrons. The molecule has 0 bridgehead atoms. The highest BCUT2D eigenvalue weighted by atomic mass is 32.2. The van der Waals surface area contributed by atoms with Gasteiger partial charge in [0.25, 0.3) is 5.89 Å². The quantitative estimate of drug-likeness (QED) is 0.512. The number of aromatic nitrogens is 2. The highest BCUT2D eigenvalue weighted by Gasteiger charge is 2.24. The molecule has 34 heavy (non-hydrogen) atoms. The number of benzene rings is 2. The summed E-state index contributed by atoms with van der Waals surface area (Å²) in [4.78, 5) is 4.62. The van der Waals surface area contributed by atoms with Crippen LogP contribution in [0.4, 0.5) is 0 Å². The van der Waals surface area contributed by atoms with Crippen LogP contribution in [0, 0.1) is 11.3 Å². The first-order valence-electron chi connectivity index (χ1n) is 11.3. The van der Waals surface area contributed by atoms with Crippen molar-refractivity contribution in [3.63, 3.8) is 0 Å². The van der Waals surface area contributed by atoms with E-state index >= 15 is 0 Å². The Balaban J connectivity index is 1.60. The van der Waals surface area contributed by atoms with Crippen LogP contribution in [-0.2, 0) is 16.3 Å². The average Bonchev–Trinajstić information content (AvgIpc) is 3.28. The Morgan fingerprint density at radius 2 is 2.12 bits per heavy atom. The van der Waals surface area contributed by atoms with Gasteiger partial charge in [-0.3, -0.25) is 0 Å². The first-order chi connectivity index (χ1) is 16.2. The summed E-state index contributed by atoms with van der Waals surface area (Å²) in [5, 5.41) is 17.1. The fraction of sp³-hybridized carbons (Fsp3) is 0.400. The maximum atomic E-state index is 11.5. The van der Waals surface area contributed by atoms with E-state index in [9.17, 15) is 13.7 Å². The van der Waals surface area contributed by atoms with Crippen molar-refractivity contribution in [1.29, 1.82) is 5.26 Å². The molecule has 0 saturated heterocycles. The van der Waals surface area contributed by atoms with E-state index in [2.05, 4.69) is 27.6 Å². The van der Waals surface area contributed by atoms with E-state index in [1.165, 1.54) is 6.26 Å². The maximum absolute atomic E-state index is 11.5. The number of nitrogens with one attached hydrogen (secondary N) is 1. The van der Waals surface area contributed by atoms with Crippen molar-refractivity contribution in [1.82, 2.24) is 15.5 Å². The number of hydrogen-bond donors (Lipinski definition) is 1. The maximum Gasteiger partial charge on any atom is 0.258 e. The van der Waals surface area contributed by atoms with Gasteiger partial charge in [-0.15, -0.1) is 0 Å². The number of rotatable bonds is 8. The minimum atomic E-state index is -3.01. The predicted octanol–water partition coefficient (Wildman–Crippen LogP) is 4.07. The van der Waals surface area contributed by atoms with Crippen molar-refractivity contribution >= 4 is 9.84 Å². The molecule has 1 atom stereocenters. The first kappa shape index (κ1) is 23.9. The number of nitriles is 1. The SMILES string of the molecule is CC(C)Oc1ccc(-c2nc(-c3cccc4c3CCC[C@@H]4NCCS(C)(=O)=O)no2)cc1C#N. The van der Waals surface area contributed by atoms with Crippen LogP contribution >= 0.6 is 0 Å². The molecule has 4 rings (SSSR count). The molecule has 8 nitrogen and oxygen atoms in total. The smallest absolute Gasteiger partial charge is 0.258 e. The summed E-state index contributed by atoms with van der Waals surface area (Å²) in [6.45, 7) is 4.23. The van der Waals surface area contributed by atoms with Crippen LogP contribution < -0.4 is 10.1 Å². The lowest BCUT2D eigenvalue weighted by molar-refractivity contribution is 0.241. The number of nitrogens with zero attached hydrogens (tertiary/aromatic N) is 3. The Labute approximate surface area is 199 Å². The molecular formula is C25H28N4O4S. The van der Waals surface area contributed by atoms with Gasteiger partial charge in [0.15, 0.2) is 0 Å². The Morgan fingerprint density at radius 3 is 2.85 bits per heavy atom. The van der Waals surface area contributed by atoms with Gasteiger partial charge >= 0.3 is 0 Å². The van der Waals surface area contributed by atoms with Crippen molar-refractivity contribution < 1.29 is 17.7 Å². The van der Waals surface area contributed by atoms with Crippen molar-refractivity contribution in [3.05, 3.63) is 53.1 Å². The third kappa shape index (κ3) is 5.46. The van der Waals surface area contributed by atoms with Gasteiger partial charge in [-0.2, -0.15) is 10.2 Å². The molecule has 3 aromatic rings. The normalized spacial score (nSPS) is 15.7. The number of sulfone groups is 1. The highest BCUT2D eigenvalue weighted by Crippen LogP contribution is 2.36. The van der Waals surface area contributed by atoms with Crippen LogP contribution in [-0.4, -0.2) is 43.2 Å². The number of ether oxygens (including phenoxy) is 1. The van der Waals surface area contributed by atoms with Gasteiger partial charge in [-0.25, -0.2) is 8.42 Å². The summed E-state index contributed by atoms with van der Waals surface area (Å²) in [5.41, 5.74) is 4.26. The monoisotopic (exact) mass is 480 g/mol. The fourth-order valence-corrected chi connectivity index (χ4v) is 4.73. The zero-order valence-electron chi connectivity index (χ0n) is 19.5. The summed E-state index contributed by atoms with van der Waals surface area (Å²) in [6.07, 6.45) is 4.02. The molecule has 0 unspecified atom stereocenters. The van der Waals surface area contributed by atoms with Crippen molar-refractivity contribution in [3.8, 4) is 34.7 Å². The minimum Gasteiger partial charge on any atom is -0.490 e. The Bertz CT molecular complexity index is 1320. The molecule has 0 spiro atoms. The summed E-state index contributed by atoms with van der Waals surface area (Å²) in [6, 6.07) is 13.5. The Kier molecular flexibility index (Phi) is 7.00. The second-order valence-corrected chi connectivity index (χ2v) is 11.1. The topological polar surface area (TPSA) is 118 Å². The average molecular weight is 481 g/mol. The zero-order valence-corrected chi connectivity index (χ0v) is 20.4. The van der Waals surface area contributed by atoms with E-state index in [1.807, 2.05) is 26.0 Å². The van der Waals surface area contributed by atoms with Gasteiger partial charge in [0.05, 0.1) is 17.4 Å². The summed E-state index contributed by atoms with van der Waals surface area (Å²) >= 11 is 0. The van der Waals surface area contributed by atoms with E-state index in [0.29, 0.717) is 35.1 Å². The lowest BCUT2D eigenvalue weighted by Crippen LogP contribution is -2.29. The summed E-state index contributed by atoms with van der Waals surface area (Å²) < 4.78 is 34.2. The molecule has 0 aliphatic heterocycles. The molecule has 2 aromatic carbocycles. The van der Waals surface area contributed by atoms with Crippen LogP contribution in [0.1, 0.15) is 49.4 Å². The van der Waals surface area contributed by atoms with Gasteiger partial charge < -0.3 is 14.6 Å². The fourth-order valence-electron chi connectivity index (χ4n) is 4.25. The molecule has 1 aliphatic carbocycles. The summed E-state index contributed by atoms with van der Waals surface area (Å²) in [7, 11) is -3.01. The van der Waals surface area contributed by atoms with Gasteiger partial charge in [0.1, 0.15) is 21.7 Å². The van der Waals surface area contributed by atoms with Crippen LogP contribution in [0.25, 0.3) is 22.8 Å². The van der Waals surface area contributed by atoms with Gasteiger partial charge in [0, 0.05) is 30.0 Å². The van der Waals surface area contributed by atoms with Gasteiger partial charge in [0.2, 0.25) is 5.82 Å². The van der Waals surface area contributed by atoms with E-state index in [1.54, 1.807) is 18.2 Å². The van der Waals surface area contributed by atoms with Gasteiger partial charge in [-0.05, 0) is 62.4 Å². The lowest BCUT2D eigenvalue weighted by Gasteiger charge is -2.27. The zero-order chi connectivity index (χ0) is 24.3. The minimum absolute atomic E-state index is 0.0399. The molecule has 0 fully saturated rings. The van der Waals surface area contributed by atoms with Crippen LogP contribution in [0.2, 0.25) is 0 Å². The molecule has 1 aromatic heterocycles. The molecular weight excluding hydrogens is 452 g/mol. The van der Waals surface area contributed by atoms with E-state index in [4.69, 9.17) is 9.26 Å². The van der Waals surface area contributed by atoms with Crippen molar-refractivity contribution in [2.45, 2.75) is 45.3 Å². The second kappa shape index (κ2) is 9.95. The molecule has 1 heterocycles. The van der Waals surface area contributed by atoms with Crippen LogP contribution in [0.15, 0.2) is 40.9 Å². The van der Waals surface area contributed by atoms with Crippen molar-refractivity contribution in [2.24, 2.45) is 0 Å². The third-order valence-electron chi connectivity index (χ3n) is 5.75. The number of hydrogen-bond acceptors (Lipinski definition) is 8. The molecule has 1 N–H and O–H groups in total. The second-order valence-electron chi connectivity index (χ2n) is 8.81. The predicted molar refractivity (Wildman–Crippen MR) is 129 cm³/mol. The van der Waals surface area contributed by atoms with E-state index in [0.717, 1.165) is 36.0 Å². The highest BCUT2D eigenvalue weighted by molar-refractivity contribution is 7.90. The molecule has 9 heteroatoms. The van der Waals surface area contributed by atoms with Gasteiger partial charge in [-0.1, -0.05) is 23.4 Å². The molecule has 0 amide bonds. The lowest BCUT2D eigenvalue weighted by atomic mass is 9.84. The van der Waals surface area contributed by atoms with Crippen molar-refractivity contribution in [2.75, 3.05) is 18.6 Å².